The number of hydrogen-bond donors (Lipinski definition) is 0. The fourth-order valence-corrected chi connectivity index (χ4v) is 2.82. The van der Waals surface area contributed by atoms with E-state index in [0.717, 1.165) is 6.42 Å². The van der Waals surface area contributed by atoms with Gasteiger partial charge in [-0.1, -0.05) is 11.6 Å². The van der Waals surface area contributed by atoms with E-state index in [1.165, 1.54) is 0 Å². The zero-order valence-corrected chi connectivity index (χ0v) is 14.9. The molecule has 3 rings (SSSR count). The first-order chi connectivity index (χ1) is 12.1. The Hall–Kier alpha value is -2.47. The number of hydrogen-bond acceptors (Lipinski definition) is 5. The number of benzene rings is 1. The zero-order valence-electron chi connectivity index (χ0n) is 14.1. The number of ether oxygens (including phenoxy) is 3. The van der Waals surface area contributed by atoms with Crippen LogP contribution in [0.1, 0.15) is 24.7 Å². The SMILES string of the molecule is CCOC(=O)C(=Cc1cc(Cl)c2c(c1)OCCCO2)c1nccn1C. The molecule has 1 aliphatic rings. The predicted octanol–water partition coefficient (Wildman–Crippen LogP) is 3.34. The highest BCUT2D eigenvalue weighted by Gasteiger charge is 2.20. The van der Waals surface area contributed by atoms with Gasteiger partial charge in [-0.3, -0.25) is 0 Å². The van der Waals surface area contributed by atoms with Gasteiger partial charge < -0.3 is 18.8 Å². The number of imidazole rings is 1. The molecule has 1 aromatic heterocycles. The van der Waals surface area contributed by atoms with Gasteiger partial charge >= 0.3 is 5.97 Å². The van der Waals surface area contributed by atoms with Crippen LogP contribution in [-0.2, 0) is 16.6 Å². The van der Waals surface area contributed by atoms with Crippen LogP contribution < -0.4 is 9.47 Å². The number of carbonyl (C=O) groups excluding carboxylic acids is 1. The Balaban J connectivity index is 2.06. The van der Waals surface area contributed by atoms with Crippen LogP contribution in [0.4, 0.5) is 0 Å². The van der Waals surface area contributed by atoms with Gasteiger partial charge in [0.2, 0.25) is 0 Å². The van der Waals surface area contributed by atoms with E-state index in [2.05, 4.69) is 4.98 Å². The second kappa shape index (κ2) is 7.61. The van der Waals surface area contributed by atoms with Gasteiger partial charge in [-0.25, -0.2) is 9.78 Å². The minimum absolute atomic E-state index is 0.280. The largest absolute Gasteiger partial charge is 0.489 e. The maximum absolute atomic E-state index is 12.4. The number of nitrogens with zero attached hydrogens (tertiary/aromatic N) is 2. The minimum atomic E-state index is -0.444. The van der Waals surface area contributed by atoms with Gasteiger partial charge in [0.25, 0.3) is 0 Å². The van der Waals surface area contributed by atoms with Crippen molar-refractivity contribution in [2.45, 2.75) is 13.3 Å². The second-order valence-electron chi connectivity index (χ2n) is 5.52. The molecule has 0 radical (unpaired) electrons. The third-order valence-corrected chi connectivity index (χ3v) is 3.97. The molecule has 0 fully saturated rings. The Labute approximate surface area is 151 Å². The summed E-state index contributed by atoms with van der Waals surface area (Å²) < 4.78 is 18.3. The number of halogens is 1. The summed E-state index contributed by atoms with van der Waals surface area (Å²) in [5, 5.41) is 0.439. The van der Waals surface area contributed by atoms with Gasteiger partial charge in [0.05, 0.1) is 24.8 Å². The summed E-state index contributed by atoms with van der Waals surface area (Å²) in [7, 11) is 1.82. The molecule has 7 heteroatoms. The number of fused-ring (bicyclic) bond motifs is 1. The van der Waals surface area contributed by atoms with Crippen molar-refractivity contribution < 1.29 is 19.0 Å². The molecule has 2 heterocycles. The van der Waals surface area contributed by atoms with E-state index in [-0.39, 0.29) is 6.61 Å². The smallest absolute Gasteiger partial charge is 0.341 e. The Morgan fingerprint density at radius 3 is 2.92 bits per heavy atom. The monoisotopic (exact) mass is 362 g/mol. The fourth-order valence-electron chi connectivity index (χ4n) is 2.55. The van der Waals surface area contributed by atoms with E-state index in [9.17, 15) is 4.79 Å². The molecule has 0 atom stereocenters. The Morgan fingerprint density at radius 1 is 1.40 bits per heavy atom. The summed E-state index contributed by atoms with van der Waals surface area (Å²) in [5.74, 6) is 1.17. The summed E-state index contributed by atoms with van der Waals surface area (Å²) in [6.07, 6.45) is 5.88. The van der Waals surface area contributed by atoms with Crippen LogP contribution in [0, 0.1) is 0 Å². The van der Waals surface area contributed by atoms with Gasteiger partial charge in [0.1, 0.15) is 11.4 Å². The highest BCUT2D eigenvalue weighted by molar-refractivity contribution is 6.32. The van der Waals surface area contributed by atoms with Crippen LogP contribution in [0.2, 0.25) is 5.02 Å². The summed E-state index contributed by atoms with van der Waals surface area (Å²) >= 11 is 6.33. The molecule has 0 N–H and O–H groups in total. The van der Waals surface area contributed by atoms with Gasteiger partial charge in [0.15, 0.2) is 11.5 Å². The van der Waals surface area contributed by atoms with Crippen molar-refractivity contribution in [3.63, 3.8) is 0 Å². The third-order valence-electron chi connectivity index (χ3n) is 3.69. The molecule has 25 heavy (non-hydrogen) atoms. The Bertz CT molecular complexity index is 813. The normalized spacial score (nSPS) is 14.1. The summed E-state index contributed by atoms with van der Waals surface area (Å²) in [6.45, 7) is 3.16. The first-order valence-electron chi connectivity index (χ1n) is 8.05. The summed E-state index contributed by atoms with van der Waals surface area (Å²) in [6, 6.07) is 3.53. The van der Waals surface area contributed by atoms with Crippen LogP contribution in [0.25, 0.3) is 11.6 Å². The van der Waals surface area contributed by atoms with Crippen LogP contribution in [0.3, 0.4) is 0 Å². The third kappa shape index (κ3) is 3.79. The van der Waals surface area contributed by atoms with Gasteiger partial charge in [0, 0.05) is 25.9 Å². The first-order valence-corrected chi connectivity index (χ1v) is 8.43. The lowest BCUT2D eigenvalue weighted by Gasteiger charge is -2.11. The van der Waals surface area contributed by atoms with E-state index in [0.29, 0.717) is 46.7 Å². The highest BCUT2D eigenvalue weighted by Crippen LogP contribution is 2.38. The molecule has 6 nitrogen and oxygen atoms in total. The lowest BCUT2D eigenvalue weighted by molar-refractivity contribution is -0.136. The van der Waals surface area contributed by atoms with Crippen molar-refractivity contribution in [1.82, 2.24) is 9.55 Å². The quantitative estimate of drug-likeness (QED) is 0.616. The highest BCUT2D eigenvalue weighted by atomic mass is 35.5. The molecular weight excluding hydrogens is 344 g/mol. The Kier molecular flexibility index (Phi) is 5.28. The predicted molar refractivity (Wildman–Crippen MR) is 94.8 cm³/mol. The molecule has 0 amide bonds. The number of aromatic nitrogens is 2. The summed E-state index contributed by atoms with van der Waals surface area (Å²) in [5.41, 5.74) is 1.06. The maximum Gasteiger partial charge on any atom is 0.341 e. The van der Waals surface area contributed by atoms with Gasteiger partial charge in [-0.15, -0.1) is 0 Å². The zero-order chi connectivity index (χ0) is 17.8. The van der Waals surface area contributed by atoms with Crippen molar-refractivity contribution in [1.29, 1.82) is 0 Å². The molecule has 0 spiro atoms. The lowest BCUT2D eigenvalue weighted by Crippen LogP contribution is -2.10. The molecule has 1 aromatic carbocycles. The van der Waals surface area contributed by atoms with Crippen LogP contribution >= 0.6 is 11.6 Å². The molecule has 2 aromatic rings. The molecule has 1 aliphatic heterocycles. The second-order valence-corrected chi connectivity index (χ2v) is 5.93. The molecule has 132 valence electrons. The van der Waals surface area contributed by atoms with Gasteiger partial charge in [-0.2, -0.15) is 0 Å². The van der Waals surface area contributed by atoms with E-state index in [1.807, 2.05) is 7.05 Å². The van der Waals surface area contributed by atoms with Crippen LogP contribution in [0.5, 0.6) is 11.5 Å². The number of aryl methyl sites for hydroxylation is 1. The first kappa shape index (κ1) is 17.4. The molecule has 0 aliphatic carbocycles. The number of rotatable bonds is 4. The molecule has 0 unspecified atom stereocenters. The standard InChI is InChI=1S/C18H19ClN2O4/c1-3-23-18(22)13(17-20-5-6-21(17)2)9-12-10-14(19)16-15(11-12)24-7-4-8-25-16/h5-6,9-11H,3-4,7-8H2,1-2H3. The number of carbonyl (C=O) groups is 1. The topological polar surface area (TPSA) is 62.6 Å². The van der Waals surface area contributed by atoms with E-state index >= 15 is 0 Å². The van der Waals surface area contributed by atoms with Crippen molar-refractivity contribution in [2.24, 2.45) is 7.05 Å². The van der Waals surface area contributed by atoms with Crippen molar-refractivity contribution in [3.8, 4) is 11.5 Å². The van der Waals surface area contributed by atoms with Crippen molar-refractivity contribution in [3.05, 3.63) is 40.9 Å². The molecule has 0 saturated heterocycles. The van der Waals surface area contributed by atoms with E-state index in [1.54, 1.807) is 42.1 Å². The van der Waals surface area contributed by atoms with Crippen LogP contribution in [0.15, 0.2) is 24.5 Å². The van der Waals surface area contributed by atoms with E-state index < -0.39 is 5.97 Å². The molecule has 0 saturated carbocycles. The average molecular weight is 363 g/mol. The van der Waals surface area contributed by atoms with Crippen LogP contribution in [-0.4, -0.2) is 35.3 Å². The lowest BCUT2D eigenvalue weighted by atomic mass is 10.1. The Morgan fingerprint density at radius 2 is 2.20 bits per heavy atom. The minimum Gasteiger partial charge on any atom is -0.489 e. The van der Waals surface area contributed by atoms with Crippen molar-refractivity contribution in [2.75, 3.05) is 19.8 Å². The van der Waals surface area contributed by atoms with Crippen molar-refractivity contribution >= 4 is 29.2 Å². The van der Waals surface area contributed by atoms with E-state index in [4.69, 9.17) is 25.8 Å². The summed E-state index contributed by atoms with van der Waals surface area (Å²) in [4.78, 5) is 16.6. The molecular formula is C18H19ClN2O4. The molecule has 0 bridgehead atoms. The number of esters is 1. The average Bonchev–Trinajstić information content (AvgIpc) is 2.85. The maximum atomic E-state index is 12.4. The fraction of sp³-hybridized carbons (Fsp3) is 0.333. The van der Waals surface area contributed by atoms with Gasteiger partial charge in [-0.05, 0) is 30.7 Å².